The highest BCUT2D eigenvalue weighted by molar-refractivity contribution is 5.94. The van der Waals surface area contributed by atoms with Gasteiger partial charge in [0.15, 0.2) is 0 Å². The van der Waals surface area contributed by atoms with Crippen LogP contribution in [0.5, 0.6) is 0 Å². The van der Waals surface area contributed by atoms with Crippen LogP contribution >= 0.6 is 0 Å². The van der Waals surface area contributed by atoms with Crippen LogP contribution in [0.15, 0.2) is 12.4 Å². The summed E-state index contributed by atoms with van der Waals surface area (Å²) in [4.78, 5) is 29.4. The fourth-order valence-corrected chi connectivity index (χ4v) is 5.03. The summed E-state index contributed by atoms with van der Waals surface area (Å²) in [7, 11) is 0. The van der Waals surface area contributed by atoms with Gasteiger partial charge in [-0.25, -0.2) is 0 Å². The van der Waals surface area contributed by atoms with Crippen molar-refractivity contribution < 1.29 is 9.59 Å². The molecule has 1 aromatic heterocycles. The maximum Gasteiger partial charge on any atom is 0.257 e. The Morgan fingerprint density at radius 2 is 1.96 bits per heavy atom. The number of aryl methyl sites for hydroxylation is 1. The molecule has 2 saturated heterocycles. The zero-order valence-corrected chi connectivity index (χ0v) is 15.8. The van der Waals surface area contributed by atoms with Gasteiger partial charge in [0, 0.05) is 45.3 Å². The zero-order chi connectivity index (χ0) is 18.1. The number of nitrogens with zero attached hydrogens (tertiary/aromatic N) is 4. The fraction of sp³-hybridized carbons (Fsp3) is 0.750. The number of hydrogen-bond acceptors (Lipinski definition) is 3. The van der Waals surface area contributed by atoms with E-state index < -0.39 is 0 Å². The van der Waals surface area contributed by atoms with E-state index in [0.717, 1.165) is 52.0 Å². The minimum absolute atomic E-state index is 0.101. The number of amides is 2. The molecule has 1 aliphatic carbocycles. The first-order valence-corrected chi connectivity index (χ1v) is 10.2. The molecule has 0 aromatic carbocycles. The summed E-state index contributed by atoms with van der Waals surface area (Å²) in [5, 5.41) is 4.24. The van der Waals surface area contributed by atoms with E-state index in [1.165, 1.54) is 19.3 Å². The summed E-state index contributed by atoms with van der Waals surface area (Å²) >= 11 is 0. The molecule has 1 aromatic rings. The first kappa shape index (κ1) is 17.6. The SMILES string of the molecule is CCn1cc(C(=O)N2CC(CCC(=O)N3CCCC3)C3(CCC3)C2)cn1. The molecule has 6 heteroatoms. The van der Waals surface area contributed by atoms with E-state index in [2.05, 4.69) is 5.10 Å². The number of likely N-dealkylation sites (tertiary alicyclic amines) is 2. The molecule has 26 heavy (non-hydrogen) atoms. The van der Waals surface area contributed by atoms with Crippen molar-refractivity contribution in [3.8, 4) is 0 Å². The van der Waals surface area contributed by atoms with Crippen molar-refractivity contribution in [3.63, 3.8) is 0 Å². The molecule has 6 nitrogen and oxygen atoms in total. The van der Waals surface area contributed by atoms with E-state index >= 15 is 0 Å². The van der Waals surface area contributed by atoms with E-state index in [4.69, 9.17) is 0 Å². The van der Waals surface area contributed by atoms with Gasteiger partial charge in [-0.15, -0.1) is 0 Å². The zero-order valence-electron chi connectivity index (χ0n) is 15.8. The van der Waals surface area contributed by atoms with Gasteiger partial charge >= 0.3 is 0 Å². The lowest BCUT2D eigenvalue weighted by molar-refractivity contribution is -0.130. The average Bonchev–Trinajstić information content (AvgIpc) is 3.37. The lowest BCUT2D eigenvalue weighted by atomic mass is 9.62. The Balaban J connectivity index is 1.39. The van der Waals surface area contributed by atoms with Crippen LogP contribution in [0, 0.1) is 11.3 Å². The molecule has 2 amide bonds. The monoisotopic (exact) mass is 358 g/mol. The third kappa shape index (κ3) is 3.14. The number of rotatable bonds is 5. The number of carbonyl (C=O) groups excluding carboxylic acids is 2. The Bertz CT molecular complexity index is 673. The largest absolute Gasteiger partial charge is 0.343 e. The summed E-state index contributed by atoms with van der Waals surface area (Å²) < 4.78 is 1.80. The molecular weight excluding hydrogens is 328 g/mol. The van der Waals surface area contributed by atoms with Gasteiger partial charge in [-0.05, 0) is 50.4 Å². The van der Waals surface area contributed by atoms with E-state index in [0.29, 0.717) is 23.8 Å². The van der Waals surface area contributed by atoms with Crippen molar-refractivity contribution >= 4 is 11.8 Å². The summed E-state index contributed by atoms with van der Waals surface area (Å²) in [5.41, 5.74) is 0.955. The summed E-state index contributed by atoms with van der Waals surface area (Å²) in [6.45, 7) is 6.31. The van der Waals surface area contributed by atoms with Crippen molar-refractivity contribution in [1.29, 1.82) is 0 Å². The van der Waals surface area contributed by atoms with Gasteiger partial charge in [-0.2, -0.15) is 5.10 Å². The van der Waals surface area contributed by atoms with Gasteiger partial charge in [-0.1, -0.05) is 6.42 Å². The highest BCUT2D eigenvalue weighted by Gasteiger charge is 2.51. The standard InChI is InChI=1S/C20H30N4O2/c1-2-24-13-16(12-21-24)19(26)23-14-17(20(15-23)8-5-9-20)6-7-18(25)22-10-3-4-11-22/h12-13,17H,2-11,14-15H2,1H3. The number of carbonyl (C=O) groups is 2. The van der Waals surface area contributed by atoms with Crippen LogP contribution in [-0.4, -0.2) is 57.6 Å². The third-order valence-corrected chi connectivity index (χ3v) is 6.82. The number of hydrogen-bond donors (Lipinski definition) is 0. The molecule has 3 heterocycles. The van der Waals surface area contributed by atoms with Crippen LogP contribution in [0.1, 0.15) is 62.2 Å². The van der Waals surface area contributed by atoms with Crippen molar-refractivity contribution in [2.45, 2.75) is 58.4 Å². The van der Waals surface area contributed by atoms with Crippen molar-refractivity contribution in [2.75, 3.05) is 26.2 Å². The molecular formula is C20H30N4O2. The second-order valence-electron chi connectivity index (χ2n) is 8.31. The second kappa shape index (κ2) is 7.05. The van der Waals surface area contributed by atoms with Crippen LogP contribution < -0.4 is 0 Å². The fourth-order valence-electron chi connectivity index (χ4n) is 5.03. The molecule has 1 spiro atoms. The predicted octanol–water partition coefficient (Wildman–Crippen LogP) is 2.55. The van der Waals surface area contributed by atoms with Gasteiger partial charge in [0.1, 0.15) is 0 Å². The molecule has 0 radical (unpaired) electrons. The quantitative estimate of drug-likeness (QED) is 0.813. The van der Waals surface area contributed by atoms with Crippen LogP contribution in [0.25, 0.3) is 0 Å². The summed E-state index contributed by atoms with van der Waals surface area (Å²) in [5.74, 6) is 0.878. The third-order valence-electron chi connectivity index (χ3n) is 6.82. The summed E-state index contributed by atoms with van der Waals surface area (Å²) in [6.07, 6.45) is 11.0. The normalized spacial score (nSPS) is 24.3. The van der Waals surface area contributed by atoms with Crippen LogP contribution in [-0.2, 0) is 11.3 Å². The van der Waals surface area contributed by atoms with Crippen LogP contribution in [0.4, 0.5) is 0 Å². The van der Waals surface area contributed by atoms with Gasteiger partial charge < -0.3 is 9.80 Å². The van der Waals surface area contributed by atoms with Crippen molar-refractivity contribution in [1.82, 2.24) is 19.6 Å². The minimum atomic E-state index is 0.101. The van der Waals surface area contributed by atoms with Gasteiger partial charge in [0.2, 0.25) is 5.91 Å². The van der Waals surface area contributed by atoms with E-state index in [-0.39, 0.29) is 11.3 Å². The molecule has 3 aliphatic rings. The van der Waals surface area contributed by atoms with Crippen LogP contribution in [0.3, 0.4) is 0 Å². The van der Waals surface area contributed by atoms with Gasteiger partial charge in [0.05, 0.1) is 11.8 Å². The van der Waals surface area contributed by atoms with E-state index in [9.17, 15) is 9.59 Å². The smallest absolute Gasteiger partial charge is 0.257 e. The maximum atomic E-state index is 12.9. The topological polar surface area (TPSA) is 58.4 Å². The first-order chi connectivity index (χ1) is 12.6. The van der Waals surface area contributed by atoms with Crippen molar-refractivity contribution in [3.05, 3.63) is 18.0 Å². The maximum absolute atomic E-state index is 12.9. The molecule has 2 aliphatic heterocycles. The molecule has 4 rings (SSSR count). The van der Waals surface area contributed by atoms with Gasteiger partial charge in [-0.3, -0.25) is 14.3 Å². The second-order valence-corrected chi connectivity index (χ2v) is 8.31. The Labute approximate surface area is 155 Å². The van der Waals surface area contributed by atoms with Gasteiger partial charge in [0.25, 0.3) is 5.91 Å². The minimum Gasteiger partial charge on any atom is -0.343 e. The number of aromatic nitrogens is 2. The Morgan fingerprint density at radius 3 is 2.58 bits per heavy atom. The molecule has 0 bridgehead atoms. The molecule has 142 valence electrons. The Morgan fingerprint density at radius 1 is 1.19 bits per heavy atom. The highest BCUT2D eigenvalue weighted by Crippen LogP contribution is 2.53. The molecule has 3 fully saturated rings. The lowest BCUT2D eigenvalue weighted by Gasteiger charge is -2.43. The highest BCUT2D eigenvalue weighted by atomic mass is 16.2. The van der Waals surface area contributed by atoms with Crippen LogP contribution in [0.2, 0.25) is 0 Å². The predicted molar refractivity (Wildman–Crippen MR) is 98.6 cm³/mol. The van der Waals surface area contributed by atoms with E-state index in [1.807, 2.05) is 22.9 Å². The Kier molecular flexibility index (Phi) is 4.76. The molecule has 1 unspecified atom stereocenters. The Hall–Kier alpha value is -1.85. The van der Waals surface area contributed by atoms with Crippen molar-refractivity contribution in [2.24, 2.45) is 11.3 Å². The lowest BCUT2D eigenvalue weighted by Crippen LogP contribution is -2.39. The molecule has 0 N–H and O–H groups in total. The first-order valence-electron chi connectivity index (χ1n) is 10.2. The average molecular weight is 358 g/mol. The summed E-state index contributed by atoms with van der Waals surface area (Å²) in [6, 6.07) is 0. The molecule has 1 saturated carbocycles. The van der Waals surface area contributed by atoms with E-state index in [1.54, 1.807) is 10.9 Å². The molecule has 1 atom stereocenters.